The molecular weight excluding hydrogens is 367 g/mol. The third-order valence-electron chi connectivity index (χ3n) is 4.76. The molecule has 0 saturated carbocycles. The number of amides is 1. The van der Waals surface area contributed by atoms with Crippen LogP contribution in [0.4, 0.5) is 10.1 Å². The second-order valence-electron chi connectivity index (χ2n) is 6.83. The maximum Gasteiger partial charge on any atom is 0.260 e. The molecule has 144 valence electrons. The Kier molecular flexibility index (Phi) is 6.56. The highest BCUT2D eigenvalue weighted by molar-refractivity contribution is 6.30. The van der Waals surface area contributed by atoms with E-state index < -0.39 is 5.82 Å². The van der Waals surface area contributed by atoms with Gasteiger partial charge in [-0.2, -0.15) is 0 Å². The molecular formula is C21H24ClFN2O2. The summed E-state index contributed by atoms with van der Waals surface area (Å²) < 4.78 is 18.6. The van der Waals surface area contributed by atoms with Gasteiger partial charge in [0.2, 0.25) is 0 Å². The van der Waals surface area contributed by atoms with E-state index in [4.69, 9.17) is 16.3 Å². The Morgan fingerprint density at radius 2 is 1.85 bits per heavy atom. The molecule has 6 heteroatoms. The van der Waals surface area contributed by atoms with Crippen molar-refractivity contribution in [1.29, 1.82) is 0 Å². The van der Waals surface area contributed by atoms with E-state index in [1.54, 1.807) is 11.9 Å². The summed E-state index contributed by atoms with van der Waals surface area (Å²) in [5.74, 6) is -0.301. The summed E-state index contributed by atoms with van der Waals surface area (Å²) in [7, 11) is 1.74. The van der Waals surface area contributed by atoms with Crippen molar-refractivity contribution in [2.45, 2.75) is 25.8 Å². The number of benzene rings is 2. The molecule has 0 atom stereocenters. The van der Waals surface area contributed by atoms with Crippen LogP contribution in [-0.4, -0.2) is 37.6 Å². The van der Waals surface area contributed by atoms with Gasteiger partial charge in [-0.05, 0) is 49.1 Å². The first-order valence-corrected chi connectivity index (χ1v) is 9.56. The SMILES string of the molecule is CN(Cc1ccc(N2CCCCC2)cc1)C(=O)COc1ccc(F)c(Cl)c1. The minimum absolute atomic E-state index is 0.0258. The number of rotatable bonds is 6. The van der Waals surface area contributed by atoms with Crippen molar-refractivity contribution in [3.8, 4) is 5.75 Å². The molecule has 1 saturated heterocycles. The van der Waals surface area contributed by atoms with Crippen LogP contribution in [0.3, 0.4) is 0 Å². The van der Waals surface area contributed by atoms with Crippen molar-refractivity contribution in [1.82, 2.24) is 4.90 Å². The van der Waals surface area contributed by atoms with Crippen LogP contribution < -0.4 is 9.64 Å². The Morgan fingerprint density at radius 3 is 2.52 bits per heavy atom. The fourth-order valence-electron chi connectivity index (χ4n) is 3.15. The molecule has 1 aliphatic heterocycles. The zero-order valence-corrected chi connectivity index (χ0v) is 16.2. The predicted molar refractivity (Wildman–Crippen MR) is 106 cm³/mol. The smallest absolute Gasteiger partial charge is 0.260 e. The molecule has 0 aliphatic carbocycles. The molecule has 0 aromatic heterocycles. The fourth-order valence-corrected chi connectivity index (χ4v) is 3.32. The van der Waals surface area contributed by atoms with E-state index in [9.17, 15) is 9.18 Å². The maximum atomic E-state index is 13.1. The first-order valence-electron chi connectivity index (χ1n) is 9.18. The van der Waals surface area contributed by atoms with E-state index in [2.05, 4.69) is 29.2 Å². The van der Waals surface area contributed by atoms with Gasteiger partial charge in [-0.15, -0.1) is 0 Å². The normalized spacial score (nSPS) is 14.1. The number of halogens is 2. The molecule has 1 fully saturated rings. The average Bonchev–Trinajstić information content (AvgIpc) is 2.70. The zero-order valence-electron chi connectivity index (χ0n) is 15.5. The van der Waals surface area contributed by atoms with Crippen LogP contribution in [-0.2, 0) is 11.3 Å². The number of hydrogen-bond acceptors (Lipinski definition) is 3. The third kappa shape index (κ3) is 5.36. The molecule has 0 spiro atoms. The summed E-state index contributed by atoms with van der Waals surface area (Å²) >= 11 is 5.71. The second-order valence-corrected chi connectivity index (χ2v) is 7.24. The van der Waals surface area contributed by atoms with Crippen LogP contribution in [0.1, 0.15) is 24.8 Å². The number of piperidine rings is 1. The van der Waals surface area contributed by atoms with Crippen LogP contribution in [0.5, 0.6) is 5.75 Å². The molecule has 0 radical (unpaired) electrons. The highest BCUT2D eigenvalue weighted by atomic mass is 35.5. The van der Waals surface area contributed by atoms with E-state index in [-0.39, 0.29) is 17.5 Å². The Labute approximate surface area is 164 Å². The van der Waals surface area contributed by atoms with Crippen LogP contribution in [0, 0.1) is 5.82 Å². The number of carbonyl (C=O) groups is 1. The topological polar surface area (TPSA) is 32.8 Å². The van der Waals surface area contributed by atoms with Crippen LogP contribution in [0.25, 0.3) is 0 Å². The molecule has 1 amide bonds. The Morgan fingerprint density at radius 1 is 1.15 bits per heavy atom. The number of carbonyl (C=O) groups excluding carboxylic acids is 1. The third-order valence-corrected chi connectivity index (χ3v) is 5.05. The Balaban J connectivity index is 1.50. The van der Waals surface area contributed by atoms with Gasteiger partial charge in [0.05, 0.1) is 5.02 Å². The number of ether oxygens (including phenoxy) is 1. The van der Waals surface area contributed by atoms with Gasteiger partial charge in [0, 0.05) is 38.4 Å². The maximum absolute atomic E-state index is 13.1. The Bertz CT molecular complexity index is 776. The summed E-state index contributed by atoms with van der Waals surface area (Å²) in [5.41, 5.74) is 2.31. The summed E-state index contributed by atoms with van der Waals surface area (Å²) in [6, 6.07) is 12.4. The van der Waals surface area contributed by atoms with Crippen molar-refractivity contribution < 1.29 is 13.9 Å². The highest BCUT2D eigenvalue weighted by Gasteiger charge is 2.13. The molecule has 3 rings (SSSR count). The number of hydrogen-bond donors (Lipinski definition) is 0. The summed E-state index contributed by atoms with van der Waals surface area (Å²) in [6.07, 6.45) is 3.81. The van der Waals surface area contributed by atoms with Gasteiger partial charge in [-0.1, -0.05) is 23.7 Å². The summed E-state index contributed by atoms with van der Waals surface area (Å²) in [5, 5.41) is -0.0258. The molecule has 0 N–H and O–H groups in total. The van der Waals surface area contributed by atoms with Gasteiger partial charge in [0.1, 0.15) is 11.6 Å². The van der Waals surface area contributed by atoms with E-state index in [1.165, 1.54) is 43.1 Å². The fraction of sp³-hybridized carbons (Fsp3) is 0.381. The quantitative estimate of drug-likeness (QED) is 0.727. The van der Waals surface area contributed by atoms with Crippen molar-refractivity contribution in [3.05, 3.63) is 58.9 Å². The van der Waals surface area contributed by atoms with Gasteiger partial charge in [0.25, 0.3) is 5.91 Å². The van der Waals surface area contributed by atoms with E-state index in [0.717, 1.165) is 18.7 Å². The van der Waals surface area contributed by atoms with E-state index in [0.29, 0.717) is 12.3 Å². The lowest BCUT2D eigenvalue weighted by Crippen LogP contribution is -2.31. The first kappa shape index (κ1) is 19.5. The minimum Gasteiger partial charge on any atom is -0.484 e. The van der Waals surface area contributed by atoms with Crippen molar-refractivity contribution >= 4 is 23.2 Å². The monoisotopic (exact) mass is 390 g/mol. The molecule has 2 aromatic rings. The summed E-state index contributed by atoms with van der Waals surface area (Å²) in [4.78, 5) is 16.3. The summed E-state index contributed by atoms with van der Waals surface area (Å²) in [6.45, 7) is 2.61. The second kappa shape index (κ2) is 9.09. The average molecular weight is 391 g/mol. The molecule has 2 aromatic carbocycles. The number of likely N-dealkylation sites (N-methyl/N-ethyl adjacent to an activating group) is 1. The predicted octanol–water partition coefficient (Wildman–Crippen LogP) is 4.51. The van der Waals surface area contributed by atoms with Crippen LogP contribution in [0.15, 0.2) is 42.5 Å². The van der Waals surface area contributed by atoms with E-state index >= 15 is 0 Å². The highest BCUT2D eigenvalue weighted by Crippen LogP contribution is 2.22. The van der Waals surface area contributed by atoms with Gasteiger partial charge in [0.15, 0.2) is 6.61 Å². The van der Waals surface area contributed by atoms with Gasteiger partial charge in [-0.3, -0.25) is 4.79 Å². The van der Waals surface area contributed by atoms with Crippen molar-refractivity contribution in [3.63, 3.8) is 0 Å². The zero-order chi connectivity index (χ0) is 19.2. The number of anilines is 1. The molecule has 1 heterocycles. The van der Waals surface area contributed by atoms with Crippen molar-refractivity contribution in [2.24, 2.45) is 0 Å². The van der Waals surface area contributed by atoms with E-state index in [1.807, 2.05) is 0 Å². The lowest BCUT2D eigenvalue weighted by atomic mass is 10.1. The van der Waals surface area contributed by atoms with Gasteiger partial charge < -0.3 is 14.5 Å². The molecule has 27 heavy (non-hydrogen) atoms. The molecule has 4 nitrogen and oxygen atoms in total. The molecule has 0 unspecified atom stereocenters. The molecule has 0 bridgehead atoms. The standard InChI is InChI=1S/C21H24ClFN2O2/c1-24(21(26)15-27-18-9-10-20(23)19(22)13-18)14-16-5-7-17(8-6-16)25-11-3-2-4-12-25/h5-10,13H,2-4,11-12,14-15H2,1H3. The number of nitrogens with zero attached hydrogens (tertiary/aromatic N) is 2. The minimum atomic E-state index is -0.513. The van der Waals surface area contributed by atoms with Crippen LogP contribution in [0.2, 0.25) is 5.02 Å². The lowest BCUT2D eigenvalue weighted by molar-refractivity contribution is -0.132. The van der Waals surface area contributed by atoms with Crippen molar-refractivity contribution in [2.75, 3.05) is 31.6 Å². The van der Waals surface area contributed by atoms with Crippen LogP contribution >= 0.6 is 11.6 Å². The van der Waals surface area contributed by atoms with Gasteiger partial charge >= 0.3 is 0 Å². The largest absolute Gasteiger partial charge is 0.484 e. The molecule has 1 aliphatic rings. The first-order chi connectivity index (χ1) is 13.0. The Hall–Kier alpha value is -2.27. The van der Waals surface area contributed by atoms with Gasteiger partial charge in [-0.25, -0.2) is 4.39 Å². The lowest BCUT2D eigenvalue weighted by Gasteiger charge is -2.29.